The molecular weight excluding hydrogens is 268 g/mol. The number of thioether (sulfide) groups is 1. The van der Waals surface area contributed by atoms with Crippen molar-refractivity contribution < 1.29 is 0 Å². The van der Waals surface area contributed by atoms with Crippen LogP contribution in [0.2, 0.25) is 0 Å². The summed E-state index contributed by atoms with van der Waals surface area (Å²) in [5.41, 5.74) is 5.95. The average Bonchev–Trinajstić information content (AvgIpc) is 2.53. The molecule has 0 radical (unpaired) electrons. The second-order valence-electron chi connectivity index (χ2n) is 5.09. The van der Waals surface area contributed by atoms with Crippen LogP contribution in [0.25, 0.3) is 0 Å². The summed E-state index contributed by atoms with van der Waals surface area (Å²) in [5.74, 6) is 3.52. The minimum Gasteiger partial charge on any atom is -0.354 e. The fraction of sp³-hybridized carbons (Fsp3) is 0.667. The zero-order chi connectivity index (χ0) is 14.2. The van der Waals surface area contributed by atoms with Gasteiger partial charge in [-0.2, -0.15) is 11.8 Å². The molecule has 0 amide bonds. The summed E-state index contributed by atoms with van der Waals surface area (Å²) in [7, 11) is 0. The van der Waals surface area contributed by atoms with Gasteiger partial charge in [-0.15, -0.1) is 0 Å². The molecule has 2 N–H and O–H groups in total. The molecule has 0 aliphatic carbocycles. The lowest BCUT2D eigenvalue weighted by Gasteiger charge is -2.39. The molecule has 1 saturated heterocycles. The Balaban J connectivity index is 1.80. The largest absolute Gasteiger partial charge is 0.354 e. The maximum absolute atomic E-state index is 5.95. The van der Waals surface area contributed by atoms with Crippen LogP contribution in [0.3, 0.4) is 0 Å². The molecule has 1 fully saturated rings. The van der Waals surface area contributed by atoms with Gasteiger partial charge in [0.15, 0.2) is 0 Å². The fourth-order valence-corrected chi connectivity index (χ4v) is 3.40. The minimum absolute atomic E-state index is 0.542. The smallest absolute Gasteiger partial charge is 0.128 e. The van der Waals surface area contributed by atoms with E-state index in [1.54, 1.807) is 0 Å². The Labute approximate surface area is 126 Å². The van der Waals surface area contributed by atoms with Crippen LogP contribution in [0.4, 0.5) is 5.82 Å². The van der Waals surface area contributed by atoms with Crippen molar-refractivity contribution in [2.24, 2.45) is 5.73 Å². The number of aromatic nitrogens is 1. The molecule has 0 saturated carbocycles. The second kappa shape index (κ2) is 8.49. The molecule has 1 aliphatic heterocycles. The molecule has 5 heteroatoms. The lowest BCUT2D eigenvalue weighted by molar-refractivity contribution is 0.185. The van der Waals surface area contributed by atoms with E-state index >= 15 is 0 Å². The number of pyridine rings is 1. The van der Waals surface area contributed by atoms with Crippen LogP contribution in [-0.4, -0.2) is 60.2 Å². The number of anilines is 1. The number of rotatable bonds is 7. The number of nitrogens with two attached hydrogens (primary N) is 1. The average molecular weight is 294 g/mol. The molecule has 1 aromatic heterocycles. The molecule has 4 nitrogen and oxygen atoms in total. The third-order valence-corrected chi connectivity index (χ3v) is 4.81. The van der Waals surface area contributed by atoms with Crippen molar-refractivity contribution >= 4 is 17.6 Å². The van der Waals surface area contributed by atoms with E-state index in [-0.39, 0.29) is 0 Å². The molecule has 1 aromatic rings. The summed E-state index contributed by atoms with van der Waals surface area (Å²) in [6.45, 7) is 7.27. The Hall–Kier alpha value is -0.780. The maximum atomic E-state index is 5.95. The highest BCUT2D eigenvalue weighted by Crippen LogP contribution is 2.16. The van der Waals surface area contributed by atoms with Gasteiger partial charge < -0.3 is 10.6 Å². The topological polar surface area (TPSA) is 45.4 Å². The Morgan fingerprint density at radius 1 is 1.30 bits per heavy atom. The van der Waals surface area contributed by atoms with Crippen LogP contribution in [-0.2, 0) is 0 Å². The first-order valence-corrected chi connectivity index (χ1v) is 8.68. The van der Waals surface area contributed by atoms with Gasteiger partial charge in [0, 0.05) is 45.0 Å². The minimum atomic E-state index is 0.542. The predicted octanol–water partition coefficient (Wildman–Crippen LogP) is 1.67. The van der Waals surface area contributed by atoms with Crippen molar-refractivity contribution in [3.63, 3.8) is 0 Å². The second-order valence-corrected chi connectivity index (χ2v) is 6.48. The predicted molar refractivity (Wildman–Crippen MR) is 88.5 cm³/mol. The van der Waals surface area contributed by atoms with E-state index in [0.717, 1.165) is 38.5 Å². The first kappa shape index (κ1) is 15.6. The number of piperazine rings is 1. The van der Waals surface area contributed by atoms with Gasteiger partial charge in [-0.3, -0.25) is 4.90 Å². The fourth-order valence-electron chi connectivity index (χ4n) is 2.67. The molecule has 1 unspecified atom stereocenters. The van der Waals surface area contributed by atoms with E-state index in [0.29, 0.717) is 6.04 Å². The molecule has 20 heavy (non-hydrogen) atoms. The Morgan fingerprint density at radius 2 is 2.10 bits per heavy atom. The quantitative estimate of drug-likeness (QED) is 0.775. The third kappa shape index (κ3) is 4.36. The van der Waals surface area contributed by atoms with Gasteiger partial charge in [0.05, 0.1) is 0 Å². The summed E-state index contributed by atoms with van der Waals surface area (Å²) in [5, 5.41) is 0. The van der Waals surface area contributed by atoms with Crippen LogP contribution in [0, 0.1) is 0 Å². The van der Waals surface area contributed by atoms with Crippen LogP contribution in [0.5, 0.6) is 0 Å². The summed E-state index contributed by atoms with van der Waals surface area (Å²) in [4.78, 5) is 9.35. The van der Waals surface area contributed by atoms with E-state index < -0.39 is 0 Å². The van der Waals surface area contributed by atoms with E-state index in [2.05, 4.69) is 33.8 Å². The summed E-state index contributed by atoms with van der Waals surface area (Å²) < 4.78 is 0. The number of nitrogens with zero attached hydrogens (tertiary/aromatic N) is 3. The standard InChI is InChI=1S/C15H26N4S/c1-2-20-12-6-14(13-16)18-8-10-19(11-9-18)15-5-3-4-7-17-15/h3-5,7,14H,2,6,8-13,16H2,1H3. The van der Waals surface area contributed by atoms with Crippen molar-refractivity contribution in [1.29, 1.82) is 0 Å². The van der Waals surface area contributed by atoms with Crippen LogP contribution < -0.4 is 10.6 Å². The molecule has 0 aromatic carbocycles. The van der Waals surface area contributed by atoms with Gasteiger partial charge in [-0.25, -0.2) is 4.98 Å². The van der Waals surface area contributed by atoms with Gasteiger partial charge in [0.1, 0.15) is 5.82 Å². The Morgan fingerprint density at radius 3 is 2.70 bits per heavy atom. The molecular formula is C15H26N4S. The zero-order valence-corrected chi connectivity index (χ0v) is 13.2. The van der Waals surface area contributed by atoms with E-state index in [1.165, 1.54) is 17.9 Å². The molecule has 2 rings (SSSR count). The molecule has 2 heterocycles. The van der Waals surface area contributed by atoms with Gasteiger partial charge in [-0.1, -0.05) is 13.0 Å². The van der Waals surface area contributed by atoms with Crippen molar-refractivity contribution in [3.05, 3.63) is 24.4 Å². The number of hydrogen-bond acceptors (Lipinski definition) is 5. The van der Waals surface area contributed by atoms with E-state index in [4.69, 9.17) is 5.73 Å². The van der Waals surface area contributed by atoms with Crippen molar-refractivity contribution in [2.45, 2.75) is 19.4 Å². The third-order valence-electron chi connectivity index (χ3n) is 3.88. The molecule has 112 valence electrons. The molecule has 0 bridgehead atoms. The Bertz CT molecular complexity index is 365. The van der Waals surface area contributed by atoms with Gasteiger partial charge in [0.25, 0.3) is 0 Å². The highest BCUT2D eigenvalue weighted by molar-refractivity contribution is 7.99. The van der Waals surface area contributed by atoms with E-state index in [9.17, 15) is 0 Å². The molecule has 1 atom stereocenters. The summed E-state index contributed by atoms with van der Waals surface area (Å²) in [6.07, 6.45) is 3.07. The van der Waals surface area contributed by atoms with Gasteiger partial charge >= 0.3 is 0 Å². The van der Waals surface area contributed by atoms with Gasteiger partial charge in [0.2, 0.25) is 0 Å². The van der Waals surface area contributed by atoms with Crippen molar-refractivity contribution in [1.82, 2.24) is 9.88 Å². The SMILES string of the molecule is CCSCCC(CN)N1CCN(c2ccccn2)CC1. The first-order chi connectivity index (χ1) is 9.85. The molecule has 0 spiro atoms. The summed E-state index contributed by atoms with van der Waals surface area (Å²) in [6, 6.07) is 6.66. The van der Waals surface area contributed by atoms with E-state index in [1.807, 2.05) is 24.0 Å². The highest BCUT2D eigenvalue weighted by Gasteiger charge is 2.23. The Kier molecular flexibility index (Phi) is 6.63. The lowest BCUT2D eigenvalue weighted by Crippen LogP contribution is -2.52. The lowest BCUT2D eigenvalue weighted by atomic mass is 10.1. The zero-order valence-electron chi connectivity index (χ0n) is 12.4. The first-order valence-electron chi connectivity index (χ1n) is 7.53. The number of hydrogen-bond donors (Lipinski definition) is 1. The van der Waals surface area contributed by atoms with Crippen LogP contribution in [0.1, 0.15) is 13.3 Å². The summed E-state index contributed by atoms with van der Waals surface area (Å²) >= 11 is 2.01. The highest BCUT2D eigenvalue weighted by atomic mass is 32.2. The van der Waals surface area contributed by atoms with Crippen molar-refractivity contribution in [3.8, 4) is 0 Å². The van der Waals surface area contributed by atoms with Crippen LogP contribution in [0.15, 0.2) is 24.4 Å². The molecule has 1 aliphatic rings. The van der Waals surface area contributed by atoms with Gasteiger partial charge in [-0.05, 0) is 30.1 Å². The monoisotopic (exact) mass is 294 g/mol. The van der Waals surface area contributed by atoms with Crippen LogP contribution >= 0.6 is 11.8 Å². The maximum Gasteiger partial charge on any atom is 0.128 e. The normalized spacial score (nSPS) is 18.2. The van der Waals surface area contributed by atoms with Crippen molar-refractivity contribution in [2.75, 3.05) is 49.1 Å².